The predicted octanol–water partition coefficient (Wildman–Crippen LogP) is 2.25. The monoisotopic (exact) mass is 390 g/mol. The topological polar surface area (TPSA) is 89.7 Å². The van der Waals surface area contributed by atoms with Crippen molar-refractivity contribution in [2.24, 2.45) is 5.73 Å². The van der Waals surface area contributed by atoms with Crippen molar-refractivity contribution in [2.45, 2.75) is 24.6 Å². The van der Waals surface area contributed by atoms with Gasteiger partial charge in [-0.1, -0.05) is 23.2 Å². The van der Waals surface area contributed by atoms with Gasteiger partial charge in [0.25, 0.3) is 0 Å². The summed E-state index contributed by atoms with van der Waals surface area (Å²) < 4.78 is 4.81. The minimum absolute atomic E-state index is 0.0410. The summed E-state index contributed by atoms with van der Waals surface area (Å²) in [6, 6.07) is 3.71. The van der Waals surface area contributed by atoms with E-state index in [0.717, 1.165) is 4.90 Å². The molecule has 1 fully saturated rings. The molecule has 0 radical (unpaired) electrons. The molecule has 0 aromatic heterocycles. The average Bonchev–Trinajstić information content (AvgIpc) is 2.82. The summed E-state index contributed by atoms with van der Waals surface area (Å²) in [5.74, 6) is -1.03. The standard InChI is InChI=1S/C15H16Cl2N2O4S/c1-2-23-15(22)11(18)7-24-12-6-13(20)19(14(12)21)8-3-4-9(16)10(17)5-8/h3-5,11-12H,2,6-7,18H2,1H3/t11-,12+/m0/s1. The summed E-state index contributed by atoms with van der Waals surface area (Å²) in [6.45, 7) is 1.93. The van der Waals surface area contributed by atoms with Crippen LogP contribution in [0.1, 0.15) is 13.3 Å². The van der Waals surface area contributed by atoms with Crippen LogP contribution >= 0.6 is 35.0 Å². The number of esters is 1. The summed E-state index contributed by atoms with van der Waals surface area (Å²) in [7, 11) is 0. The summed E-state index contributed by atoms with van der Waals surface area (Å²) in [5.41, 5.74) is 6.08. The second-order valence-corrected chi connectivity index (χ2v) is 7.10. The van der Waals surface area contributed by atoms with Gasteiger partial charge in [0.05, 0.1) is 27.6 Å². The third-order valence-corrected chi connectivity index (χ3v) is 5.39. The molecule has 0 saturated carbocycles. The zero-order valence-electron chi connectivity index (χ0n) is 12.8. The largest absolute Gasteiger partial charge is 0.465 e. The number of amides is 2. The molecule has 1 aromatic carbocycles. The van der Waals surface area contributed by atoms with Crippen LogP contribution in [0.5, 0.6) is 0 Å². The van der Waals surface area contributed by atoms with Crippen LogP contribution in [0.15, 0.2) is 18.2 Å². The summed E-state index contributed by atoms with van der Waals surface area (Å²) in [4.78, 5) is 37.2. The molecule has 0 unspecified atom stereocenters. The SMILES string of the molecule is CCOC(=O)[C@@H](N)CS[C@@H]1CC(=O)N(c2ccc(Cl)c(Cl)c2)C1=O. The Kier molecular flexibility index (Phi) is 6.51. The third kappa shape index (κ3) is 4.22. The maximum atomic E-state index is 12.5. The molecule has 2 N–H and O–H groups in total. The molecule has 130 valence electrons. The van der Waals surface area contributed by atoms with Crippen LogP contribution in [0.25, 0.3) is 0 Å². The number of ether oxygens (including phenoxy) is 1. The minimum atomic E-state index is -0.836. The van der Waals surface area contributed by atoms with Gasteiger partial charge in [0.1, 0.15) is 6.04 Å². The van der Waals surface area contributed by atoms with Gasteiger partial charge in [0.2, 0.25) is 11.8 Å². The number of halogens is 2. The minimum Gasteiger partial charge on any atom is -0.465 e. The number of rotatable bonds is 6. The van der Waals surface area contributed by atoms with E-state index in [-0.39, 0.29) is 35.6 Å². The summed E-state index contributed by atoms with van der Waals surface area (Å²) in [5, 5.41) is 0.00785. The van der Waals surface area contributed by atoms with E-state index >= 15 is 0 Å². The van der Waals surface area contributed by atoms with Crippen LogP contribution in [0.2, 0.25) is 10.0 Å². The van der Waals surface area contributed by atoms with Gasteiger partial charge in [-0.25, -0.2) is 4.90 Å². The van der Waals surface area contributed by atoms with Gasteiger partial charge in [0.15, 0.2) is 0 Å². The van der Waals surface area contributed by atoms with Gasteiger partial charge < -0.3 is 10.5 Å². The molecule has 9 heteroatoms. The predicted molar refractivity (Wildman–Crippen MR) is 94.4 cm³/mol. The second kappa shape index (κ2) is 8.20. The summed E-state index contributed by atoms with van der Waals surface area (Å²) >= 11 is 13.0. The first-order valence-corrected chi connectivity index (χ1v) is 9.01. The molecule has 2 rings (SSSR count). The van der Waals surface area contributed by atoms with E-state index in [1.54, 1.807) is 13.0 Å². The fraction of sp³-hybridized carbons (Fsp3) is 0.400. The van der Waals surface area contributed by atoms with Crippen LogP contribution in [0.4, 0.5) is 5.69 Å². The number of benzene rings is 1. The van der Waals surface area contributed by atoms with E-state index in [0.29, 0.717) is 10.7 Å². The van der Waals surface area contributed by atoms with Gasteiger partial charge >= 0.3 is 5.97 Å². The van der Waals surface area contributed by atoms with Crippen LogP contribution in [-0.2, 0) is 19.1 Å². The summed E-state index contributed by atoms with van der Waals surface area (Å²) in [6.07, 6.45) is 0.0410. The Morgan fingerprint density at radius 3 is 2.75 bits per heavy atom. The Bertz CT molecular complexity index is 671. The maximum Gasteiger partial charge on any atom is 0.323 e. The lowest BCUT2D eigenvalue weighted by Gasteiger charge is -2.16. The highest BCUT2D eigenvalue weighted by Crippen LogP contribution is 2.33. The van der Waals surface area contributed by atoms with E-state index in [4.69, 9.17) is 33.7 Å². The molecule has 1 heterocycles. The Balaban J connectivity index is 2.03. The molecular weight excluding hydrogens is 375 g/mol. The molecule has 0 bridgehead atoms. The van der Waals surface area contributed by atoms with Gasteiger partial charge in [-0.15, -0.1) is 11.8 Å². The van der Waals surface area contributed by atoms with Crippen molar-refractivity contribution in [3.8, 4) is 0 Å². The third-order valence-electron chi connectivity index (χ3n) is 3.33. The number of nitrogens with two attached hydrogens (primary N) is 1. The number of anilines is 1. The molecule has 2 atom stereocenters. The number of carbonyl (C=O) groups excluding carboxylic acids is 3. The molecule has 2 amide bonds. The van der Waals surface area contributed by atoms with E-state index in [2.05, 4.69) is 0 Å². The van der Waals surface area contributed by atoms with Crippen molar-refractivity contribution in [1.29, 1.82) is 0 Å². The fourth-order valence-electron chi connectivity index (χ4n) is 2.17. The lowest BCUT2D eigenvalue weighted by Crippen LogP contribution is -2.36. The van der Waals surface area contributed by atoms with Crippen LogP contribution in [-0.4, -0.2) is 41.4 Å². The zero-order chi connectivity index (χ0) is 17.9. The lowest BCUT2D eigenvalue weighted by molar-refractivity contribution is -0.144. The van der Waals surface area contributed by atoms with Crippen molar-refractivity contribution < 1.29 is 19.1 Å². The fourth-order valence-corrected chi connectivity index (χ4v) is 3.54. The number of carbonyl (C=O) groups is 3. The number of hydrogen-bond acceptors (Lipinski definition) is 6. The van der Waals surface area contributed by atoms with Crippen molar-refractivity contribution >= 4 is 58.4 Å². The van der Waals surface area contributed by atoms with E-state index < -0.39 is 17.3 Å². The molecule has 1 saturated heterocycles. The molecule has 1 aliphatic rings. The average molecular weight is 391 g/mol. The highest BCUT2D eigenvalue weighted by molar-refractivity contribution is 8.00. The Morgan fingerprint density at radius 1 is 1.42 bits per heavy atom. The molecule has 6 nitrogen and oxygen atoms in total. The first kappa shape index (κ1) is 19.1. The Morgan fingerprint density at radius 2 is 2.12 bits per heavy atom. The highest BCUT2D eigenvalue weighted by Gasteiger charge is 2.40. The highest BCUT2D eigenvalue weighted by atomic mass is 35.5. The molecule has 24 heavy (non-hydrogen) atoms. The lowest BCUT2D eigenvalue weighted by atomic mass is 10.3. The van der Waals surface area contributed by atoms with Crippen LogP contribution in [0, 0.1) is 0 Å². The van der Waals surface area contributed by atoms with Crippen LogP contribution < -0.4 is 10.6 Å². The van der Waals surface area contributed by atoms with Crippen molar-refractivity contribution in [1.82, 2.24) is 0 Å². The van der Waals surface area contributed by atoms with Crippen molar-refractivity contribution in [3.05, 3.63) is 28.2 Å². The van der Waals surface area contributed by atoms with E-state index in [9.17, 15) is 14.4 Å². The Labute approximate surface area is 153 Å². The van der Waals surface area contributed by atoms with Crippen LogP contribution in [0.3, 0.4) is 0 Å². The van der Waals surface area contributed by atoms with Crippen molar-refractivity contribution in [2.75, 3.05) is 17.3 Å². The number of thioether (sulfide) groups is 1. The van der Waals surface area contributed by atoms with Gasteiger partial charge in [-0.2, -0.15) is 0 Å². The molecule has 1 aromatic rings. The number of hydrogen-bond donors (Lipinski definition) is 1. The normalized spacial score (nSPS) is 18.8. The number of imide groups is 1. The van der Waals surface area contributed by atoms with E-state index in [1.165, 1.54) is 23.9 Å². The van der Waals surface area contributed by atoms with Gasteiger partial charge in [-0.05, 0) is 25.1 Å². The second-order valence-electron chi connectivity index (χ2n) is 5.05. The first-order chi connectivity index (χ1) is 11.3. The van der Waals surface area contributed by atoms with Gasteiger partial charge in [-0.3, -0.25) is 14.4 Å². The Hall–Kier alpha value is -1.28. The molecule has 1 aliphatic heterocycles. The van der Waals surface area contributed by atoms with Crippen molar-refractivity contribution in [3.63, 3.8) is 0 Å². The quantitative estimate of drug-likeness (QED) is 0.591. The smallest absolute Gasteiger partial charge is 0.323 e. The van der Waals surface area contributed by atoms with E-state index in [1.807, 2.05) is 0 Å². The molecule has 0 aliphatic carbocycles. The van der Waals surface area contributed by atoms with Gasteiger partial charge in [0, 0.05) is 12.2 Å². The number of nitrogens with zero attached hydrogens (tertiary/aromatic N) is 1. The molecular formula is C15H16Cl2N2O4S. The zero-order valence-corrected chi connectivity index (χ0v) is 15.2. The first-order valence-electron chi connectivity index (χ1n) is 7.20. The molecule has 0 spiro atoms. The maximum absolute atomic E-state index is 12.5.